The maximum absolute atomic E-state index is 12.8. The second kappa shape index (κ2) is 56.1. The van der Waals surface area contributed by atoms with Crippen LogP contribution in [-0.2, 0) is 23.8 Å². The van der Waals surface area contributed by atoms with Gasteiger partial charge in [0.05, 0.1) is 6.61 Å². The van der Waals surface area contributed by atoms with Gasteiger partial charge in [-0.25, -0.2) is 0 Å². The molecule has 0 spiro atoms. The highest BCUT2D eigenvalue weighted by atomic mass is 16.6. The van der Waals surface area contributed by atoms with E-state index in [1.165, 1.54) is 109 Å². The summed E-state index contributed by atoms with van der Waals surface area (Å²) < 4.78 is 17.4. The zero-order valence-corrected chi connectivity index (χ0v) is 43.4. The van der Waals surface area contributed by atoms with Crippen molar-refractivity contribution in [3.63, 3.8) is 0 Å². The number of allylic oxidation sites excluding steroid dienone is 16. The van der Waals surface area contributed by atoms with Crippen LogP contribution in [0.4, 0.5) is 0 Å². The Morgan fingerprint density at radius 1 is 0.348 bits per heavy atom. The number of rotatable bonds is 50. The number of unbranched alkanes of at least 4 members (excludes halogenated alkanes) is 23. The lowest BCUT2D eigenvalue weighted by Gasteiger charge is -2.18. The Hall–Kier alpha value is -3.18. The summed E-state index contributed by atoms with van der Waals surface area (Å²) >= 11 is 0. The van der Waals surface area contributed by atoms with Gasteiger partial charge >= 0.3 is 11.9 Å². The average Bonchev–Trinajstić information content (AvgIpc) is 3.32. The standard InChI is InChI=1S/C61H104O5/c1-4-7-10-13-16-19-22-25-28-30-31-32-34-36-39-42-45-48-51-54-60(62)65-58-59(57-64-56-53-50-47-44-41-38-35-29-26-23-20-17-14-11-8-5-2)66-61(63)55-52-49-46-43-40-37-33-27-24-21-18-15-12-9-6-3/h7-8,10-11,16-17,19-20,25-26,28-29,31-32,36,39,59H,4-6,9,12-15,18,21-24,27,30,33-35,37-38,40-58H2,1-3H3/b10-7-,11-8-,19-16-,20-17-,28-25-,29-26-,32-31-,39-36-. The van der Waals surface area contributed by atoms with Gasteiger partial charge in [-0.1, -0.05) is 240 Å². The first-order valence-corrected chi connectivity index (χ1v) is 27.8. The Balaban J connectivity index is 4.36. The van der Waals surface area contributed by atoms with Crippen LogP contribution in [0, 0.1) is 0 Å². The lowest BCUT2D eigenvalue weighted by atomic mass is 10.0. The summed E-state index contributed by atoms with van der Waals surface area (Å²) in [7, 11) is 0. The number of carbonyl (C=O) groups is 2. The van der Waals surface area contributed by atoms with Crippen molar-refractivity contribution in [3.05, 3.63) is 97.2 Å². The quantitative estimate of drug-likeness (QED) is 0.0346. The number of hydrogen-bond donors (Lipinski definition) is 0. The largest absolute Gasteiger partial charge is 0.462 e. The number of ether oxygens (including phenoxy) is 3. The molecule has 0 amide bonds. The number of esters is 2. The van der Waals surface area contributed by atoms with E-state index in [-0.39, 0.29) is 25.2 Å². The van der Waals surface area contributed by atoms with Crippen molar-refractivity contribution in [3.8, 4) is 0 Å². The molecule has 0 bridgehead atoms. The predicted molar refractivity (Wildman–Crippen MR) is 288 cm³/mol. The van der Waals surface area contributed by atoms with E-state index >= 15 is 0 Å². The summed E-state index contributed by atoms with van der Waals surface area (Å²) in [6, 6.07) is 0. The summed E-state index contributed by atoms with van der Waals surface area (Å²) in [5.74, 6) is -0.438. The van der Waals surface area contributed by atoms with E-state index in [0.29, 0.717) is 19.4 Å². The maximum atomic E-state index is 12.8. The van der Waals surface area contributed by atoms with Crippen molar-refractivity contribution in [1.29, 1.82) is 0 Å². The Morgan fingerprint density at radius 3 is 1.11 bits per heavy atom. The molecule has 0 heterocycles. The van der Waals surface area contributed by atoms with E-state index in [1.54, 1.807) is 0 Å². The summed E-state index contributed by atoms with van der Waals surface area (Å²) in [6.07, 6.45) is 75.6. The molecule has 66 heavy (non-hydrogen) atoms. The molecule has 0 radical (unpaired) electrons. The molecule has 0 aromatic rings. The zero-order valence-electron chi connectivity index (χ0n) is 43.4. The third-order valence-corrected chi connectivity index (χ3v) is 11.6. The summed E-state index contributed by atoms with van der Waals surface area (Å²) in [5.41, 5.74) is 0. The molecule has 5 nitrogen and oxygen atoms in total. The van der Waals surface area contributed by atoms with E-state index in [9.17, 15) is 9.59 Å². The summed E-state index contributed by atoms with van der Waals surface area (Å²) in [4.78, 5) is 25.5. The zero-order chi connectivity index (χ0) is 47.7. The van der Waals surface area contributed by atoms with Gasteiger partial charge in [-0.05, 0) is 96.3 Å². The smallest absolute Gasteiger partial charge is 0.306 e. The minimum atomic E-state index is -0.561. The molecule has 0 fully saturated rings. The van der Waals surface area contributed by atoms with Crippen LogP contribution in [0.3, 0.4) is 0 Å². The van der Waals surface area contributed by atoms with Gasteiger partial charge in [0.15, 0.2) is 6.10 Å². The van der Waals surface area contributed by atoms with Crippen molar-refractivity contribution < 1.29 is 23.8 Å². The van der Waals surface area contributed by atoms with Gasteiger partial charge < -0.3 is 14.2 Å². The minimum absolute atomic E-state index is 0.0600. The van der Waals surface area contributed by atoms with Crippen molar-refractivity contribution in [2.45, 2.75) is 258 Å². The van der Waals surface area contributed by atoms with Crippen LogP contribution in [0.25, 0.3) is 0 Å². The van der Waals surface area contributed by atoms with Crippen molar-refractivity contribution in [1.82, 2.24) is 0 Å². The average molecular weight is 917 g/mol. The molecule has 0 aliphatic rings. The third-order valence-electron chi connectivity index (χ3n) is 11.6. The molecule has 378 valence electrons. The first-order chi connectivity index (χ1) is 32.6. The minimum Gasteiger partial charge on any atom is -0.462 e. The molecular weight excluding hydrogens is 813 g/mol. The summed E-state index contributed by atoms with van der Waals surface area (Å²) in [5, 5.41) is 0. The molecule has 0 aromatic carbocycles. The molecule has 5 heteroatoms. The Kier molecular flexibility index (Phi) is 53.4. The molecular formula is C61H104O5. The van der Waals surface area contributed by atoms with Gasteiger partial charge in [0.25, 0.3) is 0 Å². The van der Waals surface area contributed by atoms with E-state index in [0.717, 1.165) is 109 Å². The lowest BCUT2D eigenvalue weighted by Crippen LogP contribution is -2.30. The molecule has 0 aliphatic carbocycles. The molecule has 1 unspecified atom stereocenters. The van der Waals surface area contributed by atoms with Crippen LogP contribution >= 0.6 is 0 Å². The van der Waals surface area contributed by atoms with E-state index < -0.39 is 6.10 Å². The highest BCUT2D eigenvalue weighted by Gasteiger charge is 2.17. The fourth-order valence-electron chi connectivity index (χ4n) is 7.55. The van der Waals surface area contributed by atoms with Gasteiger partial charge in [-0.2, -0.15) is 0 Å². The SMILES string of the molecule is CC/C=C\C/C=C\C/C=C\C/C=C\C/C=C\CCCCCC(=O)OCC(COCCCCCCCC/C=C\C/C=C\C/C=C\CC)OC(=O)CCCCCCCCCCCCCCCCC. The first kappa shape index (κ1) is 62.8. The maximum Gasteiger partial charge on any atom is 0.306 e. The number of hydrogen-bond acceptors (Lipinski definition) is 5. The molecule has 0 saturated heterocycles. The van der Waals surface area contributed by atoms with Crippen LogP contribution in [0.5, 0.6) is 0 Å². The lowest BCUT2D eigenvalue weighted by molar-refractivity contribution is -0.163. The fourth-order valence-corrected chi connectivity index (χ4v) is 7.55. The van der Waals surface area contributed by atoms with Crippen LogP contribution < -0.4 is 0 Å². The molecule has 0 rings (SSSR count). The van der Waals surface area contributed by atoms with E-state index in [2.05, 4.69) is 118 Å². The van der Waals surface area contributed by atoms with Crippen molar-refractivity contribution in [2.75, 3.05) is 19.8 Å². The van der Waals surface area contributed by atoms with Gasteiger partial charge in [-0.15, -0.1) is 0 Å². The predicted octanol–water partition coefficient (Wildman–Crippen LogP) is 19.0. The second-order valence-corrected chi connectivity index (χ2v) is 18.1. The Labute approximate surface area is 409 Å². The molecule has 0 aromatic heterocycles. The van der Waals surface area contributed by atoms with Gasteiger partial charge in [0.2, 0.25) is 0 Å². The Morgan fingerprint density at radius 2 is 0.682 bits per heavy atom. The first-order valence-electron chi connectivity index (χ1n) is 27.8. The van der Waals surface area contributed by atoms with Crippen molar-refractivity contribution in [2.24, 2.45) is 0 Å². The second-order valence-electron chi connectivity index (χ2n) is 18.1. The monoisotopic (exact) mass is 917 g/mol. The normalized spacial score (nSPS) is 13.0. The van der Waals surface area contributed by atoms with Crippen LogP contribution in [-0.4, -0.2) is 37.9 Å². The number of carbonyl (C=O) groups excluding carboxylic acids is 2. The van der Waals surface area contributed by atoms with E-state index in [4.69, 9.17) is 14.2 Å². The van der Waals surface area contributed by atoms with Crippen LogP contribution in [0.1, 0.15) is 252 Å². The van der Waals surface area contributed by atoms with Gasteiger partial charge in [0, 0.05) is 19.4 Å². The molecule has 0 aliphatic heterocycles. The topological polar surface area (TPSA) is 61.8 Å². The third kappa shape index (κ3) is 53.4. The van der Waals surface area contributed by atoms with Crippen molar-refractivity contribution >= 4 is 11.9 Å². The highest BCUT2D eigenvalue weighted by Crippen LogP contribution is 2.15. The van der Waals surface area contributed by atoms with E-state index in [1.807, 2.05) is 0 Å². The molecule has 0 saturated carbocycles. The summed E-state index contributed by atoms with van der Waals surface area (Å²) in [6.45, 7) is 7.56. The van der Waals surface area contributed by atoms with Crippen LogP contribution in [0.2, 0.25) is 0 Å². The van der Waals surface area contributed by atoms with Gasteiger partial charge in [-0.3, -0.25) is 9.59 Å². The highest BCUT2D eigenvalue weighted by molar-refractivity contribution is 5.70. The van der Waals surface area contributed by atoms with Crippen LogP contribution in [0.15, 0.2) is 97.2 Å². The van der Waals surface area contributed by atoms with Gasteiger partial charge in [0.1, 0.15) is 6.61 Å². The fraction of sp³-hybridized carbons (Fsp3) is 0.705. The molecule has 0 N–H and O–H groups in total. The molecule has 1 atom stereocenters. The Bertz CT molecular complexity index is 1270.